The Hall–Kier alpha value is -1.15. The lowest BCUT2D eigenvalue weighted by molar-refractivity contribution is 0.624. The van der Waals surface area contributed by atoms with Crippen molar-refractivity contribution in [1.82, 2.24) is 5.32 Å². The van der Waals surface area contributed by atoms with Crippen molar-refractivity contribution in [2.75, 3.05) is 7.05 Å². The van der Waals surface area contributed by atoms with Gasteiger partial charge < -0.3 is 5.32 Å². The van der Waals surface area contributed by atoms with E-state index in [1.54, 1.807) is 6.07 Å². The van der Waals surface area contributed by atoms with E-state index >= 15 is 0 Å². The zero-order valence-corrected chi connectivity index (χ0v) is 9.76. The molecule has 0 aromatic heterocycles. The first-order chi connectivity index (χ1) is 7.04. The molecular weight excluding hydrogens is 189 g/mol. The van der Waals surface area contributed by atoms with Crippen LogP contribution in [0.3, 0.4) is 0 Å². The number of hydrogen-bond donors (Lipinski definition) is 1. The third kappa shape index (κ3) is 3.17. The molecular formula is C13H18FN. The van der Waals surface area contributed by atoms with Crippen LogP contribution in [0.4, 0.5) is 4.39 Å². The van der Waals surface area contributed by atoms with E-state index in [0.717, 1.165) is 11.1 Å². The highest BCUT2D eigenvalue weighted by molar-refractivity contribution is 5.55. The number of likely N-dealkylation sites (N-methyl/N-ethyl adjacent to an activating group) is 1. The molecule has 1 atom stereocenters. The third-order valence-electron chi connectivity index (χ3n) is 2.65. The van der Waals surface area contributed by atoms with Gasteiger partial charge in [-0.15, -0.1) is 0 Å². The van der Waals surface area contributed by atoms with Gasteiger partial charge in [0.15, 0.2) is 0 Å². The number of benzene rings is 1. The molecule has 1 aromatic rings. The quantitative estimate of drug-likeness (QED) is 0.803. The first kappa shape index (κ1) is 11.9. The zero-order valence-electron chi connectivity index (χ0n) is 9.76. The van der Waals surface area contributed by atoms with Gasteiger partial charge in [0.25, 0.3) is 0 Å². The van der Waals surface area contributed by atoms with E-state index in [4.69, 9.17) is 0 Å². The Labute approximate surface area is 91.0 Å². The molecule has 0 radical (unpaired) electrons. The van der Waals surface area contributed by atoms with Crippen molar-refractivity contribution in [2.45, 2.75) is 26.8 Å². The molecule has 0 saturated heterocycles. The van der Waals surface area contributed by atoms with Gasteiger partial charge in [0, 0.05) is 11.6 Å². The van der Waals surface area contributed by atoms with E-state index in [2.05, 4.69) is 12.2 Å². The van der Waals surface area contributed by atoms with Gasteiger partial charge in [0.2, 0.25) is 0 Å². The van der Waals surface area contributed by atoms with E-state index in [0.29, 0.717) is 5.56 Å². The van der Waals surface area contributed by atoms with Crippen LogP contribution in [0.5, 0.6) is 0 Å². The summed E-state index contributed by atoms with van der Waals surface area (Å²) in [4.78, 5) is 0. The summed E-state index contributed by atoms with van der Waals surface area (Å²) in [6.45, 7) is 6.02. The molecule has 0 aliphatic heterocycles. The average Bonchev–Trinajstić information content (AvgIpc) is 2.22. The van der Waals surface area contributed by atoms with Crippen molar-refractivity contribution < 1.29 is 4.39 Å². The van der Waals surface area contributed by atoms with E-state index in [1.807, 2.05) is 33.0 Å². The molecule has 0 bridgehead atoms. The van der Waals surface area contributed by atoms with E-state index in [1.165, 1.54) is 6.07 Å². The summed E-state index contributed by atoms with van der Waals surface area (Å²) in [7, 11) is 1.90. The fourth-order valence-corrected chi connectivity index (χ4v) is 1.37. The normalized spacial score (nSPS) is 14.1. The van der Waals surface area contributed by atoms with Gasteiger partial charge in [-0.3, -0.25) is 0 Å². The molecule has 1 N–H and O–H groups in total. The maximum atomic E-state index is 13.4. The molecule has 1 unspecified atom stereocenters. The fourth-order valence-electron chi connectivity index (χ4n) is 1.37. The highest BCUT2D eigenvalue weighted by Crippen LogP contribution is 2.15. The van der Waals surface area contributed by atoms with Crippen LogP contribution < -0.4 is 5.32 Å². The smallest absolute Gasteiger partial charge is 0.130 e. The van der Waals surface area contributed by atoms with Crippen molar-refractivity contribution in [3.05, 3.63) is 40.7 Å². The molecule has 82 valence electrons. The standard InChI is InChI=1S/C13H18FN/c1-9-5-6-13(14)12(7-9)8-10(2)11(3)15-4/h5-8,11,15H,1-4H3/b10-8+. The lowest BCUT2D eigenvalue weighted by Gasteiger charge is -2.11. The number of halogens is 1. The predicted octanol–water partition coefficient (Wildman–Crippen LogP) is 3.15. The van der Waals surface area contributed by atoms with Gasteiger partial charge in [-0.05, 0) is 40.0 Å². The lowest BCUT2D eigenvalue weighted by Crippen LogP contribution is -2.22. The molecule has 15 heavy (non-hydrogen) atoms. The first-order valence-electron chi connectivity index (χ1n) is 5.16. The van der Waals surface area contributed by atoms with Crippen LogP contribution in [-0.4, -0.2) is 13.1 Å². The van der Waals surface area contributed by atoms with Crippen molar-refractivity contribution >= 4 is 6.08 Å². The van der Waals surface area contributed by atoms with Crippen molar-refractivity contribution in [3.8, 4) is 0 Å². The van der Waals surface area contributed by atoms with Crippen LogP contribution in [-0.2, 0) is 0 Å². The Bertz CT molecular complexity index is 369. The first-order valence-corrected chi connectivity index (χ1v) is 5.16. The maximum Gasteiger partial charge on any atom is 0.130 e. The molecule has 0 saturated carbocycles. The van der Waals surface area contributed by atoms with E-state index in [9.17, 15) is 4.39 Å². The van der Waals surface area contributed by atoms with Crippen LogP contribution in [0.1, 0.15) is 25.0 Å². The number of rotatable bonds is 3. The third-order valence-corrected chi connectivity index (χ3v) is 2.65. The average molecular weight is 207 g/mol. The van der Waals surface area contributed by atoms with Gasteiger partial charge in [0.05, 0.1) is 0 Å². The highest BCUT2D eigenvalue weighted by Gasteiger charge is 2.03. The van der Waals surface area contributed by atoms with Crippen LogP contribution in [0, 0.1) is 12.7 Å². The van der Waals surface area contributed by atoms with Crippen LogP contribution in [0.2, 0.25) is 0 Å². The summed E-state index contributed by atoms with van der Waals surface area (Å²) in [5, 5.41) is 3.13. The van der Waals surface area contributed by atoms with Crippen molar-refractivity contribution in [3.63, 3.8) is 0 Å². The summed E-state index contributed by atoms with van der Waals surface area (Å²) in [6, 6.07) is 5.42. The molecule has 0 aliphatic rings. The molecule has 0 amide bonds. The number of hydrogen-bond acceptors (Lipinski definition) is 1. The van der Waals surface area contributed by atoms with Gasteiger partial charge in [-0.1, -0.05) is 23.3 Å². The molecule has 1 rings (SSSR count). The van der Waals surface area contributed by atoms with Gasteiger partial charge in [-0.2, -0.15) is 0 Å². The number of nitrogens with one attached hydrogen (secondary N) is 1. The Balaban J connectivity index is 3.01. The zero-order chi connectivity index (χ0) is 11.4. The van der Waals surface area contributed by atoms with E-state index in [-0.39, 0.29) is 11.9 Å². The van der Waals surface area contributed by atoms with Crippen LogP contribution >= 0.6 is 0 Å². The topological polar surface area (TPSA) is 12.0 Å². The van der Waals surface area contributed by atoms with Crippen molar-refractivity contribution in [1.29, 1.82) is 0 Å². The monoisotopic (exact) mass is 207 g/mol. The minimum absolute atomic E-state index is 0.164. The summed E-state index contributed by atoms with van der Waals surface area (Å²) in [6.07, 6.45) is 1.89. The second-order valence-corrected chi connectivity index (χ2v) is 3.92. The second kappa shape index (κ2) is 5.08. The molecule has 0 aliphatic carbocycles. The van der Waals surface area contributed by atoms with Gasteiger partial charge >= 0.3 is 0 Å². The SMILES string of the molecule is CNC(C)/C(C)=C/c1cc(C)ccc1F. The molecule has 1 nitrogen and oxygen atoms in total. The van der Waals surface area contributed by atoms with Crippen LogP contribution in [0.15, 0.2) is 23.8 Å². The number of aryl methyl sites for hydroxylation is 1. The molecule has 0 fully saturated rings. The molecule has 1 aromatic carbocycles. The van der Waals surface area contributed by atoms with Gasteiger partial charge in [0.1, 0.15) is 5.82 Å². The fraction of sp³-hybridized carbons (Fsp3) is 0.385. The molecule has 2 heteroatoms. The minimum atomic E-state index is -0.164. The molecule has 0 heterocycles. The van der Waals surface area contributed by atoms with E-state index < -0.39 is 0 Å². The van der Waals surface area contributed by atoms with Crippen LogP contribution in [0.25, 0.3) is 6.08 Å². The predicted molar refractivity (Wildman–Crippen MR) is 63.3 cm³/mol. The lowest BCUT2D eigenvalue weighted by atomic mass is 10.0. The summed E-state index contributed by atoms with van der Waals surface area (Å²) in [5.74, 6) is -0.164. The summed E-state index contributed by atoms with van der Waals surface area (Å²) < 4.78 is 13.4. The maximum absolute atomic E-state index is 13.4. The largest absolute Gasteiger partial charge is 0.314 e. The van der Waals surface area contributed by atoms with Crippen molar-refractivity contribution in [2.24, 2.45) is 0 Å². The Kier molecular flexibility index (Phi) is 4.04. The Morgan fingerprint density at radius 3 is 2.73 bits per heavy atom. The second-order valence-electron chi connectivity index (χ2n) is 3.92. The summed E-state index contributed by atoms with van der Waals surface area (Å²) >= 11 is 0. The van der Waals surface area contributed by atoms with Gasteiger partial charge in [-0.25, -0.2) is 4.39 Å². The Morgan fingerprint density at radius 1 is 1.47 bits per heavy atom. The minimum Gasteiger partial charge on any atom is -0.314 e. The highest BCUT2D eigenvalue weighted by atomic mass is 19.1. The summed E-state index contributed by atoms with van der Waals surface area (Å²) in [5.41, 5.74) is 2.86. The Morgan fingerprint density at radius 2 is 2.13 bits per heavy atom. The molecule has 0 spiro atoms.